The summed E-state index contributed by atoms with van der Waals surface area (Å²) in [4.78, 5) is 14.0. The van der Waals surface area contributed by atoms with Crippen LogP contribution in [0.15, 0.2) is 12.1 Å². The molecule has 0 unspecified atom stereocenters. The zero-order valence-electron chi connectivity index (χ0n) is 8.68. The third-order valence-corrected chi connectivity index (χ3v) is 5.02. The summed E-state index contributed by atoms with van der Waals surface area (Å²) in [5.74, 6) is 0.0802. The Hall–Kier alpha value is -0.350. The van der Waals surface area contributed by atoms with Crippen LogP contribution in [-0.2, 0) is 6.42 Å². The van der Waals surface area contributed by atoms with Gasteiger partial charge in [-0.3, -0.25) is 4.79 Å². The van der Waals surface area contributed by atoms with E-state index >= 15 is 0 Å². The molecule has 1 aromatic heterocycles. The molecule has 15 heavy (non-hydrogen) atoms. The molecule has 82 valence electrons. The second kappa shape index (κ2) is 4.26. The standard InChI is InChI=1S/C11H14BrNOS/c1-2-8-3-4-9(15-8)10(14)13-11(7-12)5-6-11/h3-4H,2,5-7H2,1H3,(H,13,14). The number of halogens is 1. The van der Waals surface area contributed by atoms with Crippen molar-refractivity contribution >= 4 is 33.2 Å². The van der Waals surface area contributed by atoms with Crippen molar-refractivity contribution in [2.75, 3.05) is 5.33 Å². The molecular weight excluding hydrogens is 274 g/mol. The molecule has 0 atom stereocenters. The molecule has 0 bridgehead atoms. The summed E-state index contributed by atoms with van der Waals surface area (Å²) in [6.07, 6.45) is 3.19. The molecule has 2 nitrogen and oxygen atoms in total. The number of hydrogen-bond acceptors (Lipinski definition) is 2. The first kappa shape index (κ1) is 11.1. The van der Waals surface area contributed by atoms with Gasteiger partial charge in [-0.1, -0.05) is 22.9 Å². The van der Waals surface area contributed by atoms with E-state index in [0.29, 0.717) is 0 Å². The predicted octanol–water partition coefficient (Wildman–Crippen LogP) is 2.97. The fraction of sp³-hybridized carbons (Fsp3) is 0.545. The Balaban J connectivity index is 2.01. The van der Waals surface area contributed by atoms with E-state index in [2.05, 4.69) is 28.2 Å². The summed E-state index contributed by atoms with van der Waals surface area (Å²) in [6, 6.07) is 3.95. The average molecular weight is 288 g/mol. The van der Waals surface area contributed by atoms with Gasteiger partial charge >= 0.3 is 0 Å². The molecule has 0 radical (unpaired) electrons. The minimum absolute atomic E-state index is 0.0491. The molecule has 1 aromatic rings. The summed E-state index contributed by atoms with van der Waals surface area (Å²) in [5, 5.41) is 3.95. The second-order valence-corrected chi connectivity index (χ2v) is 5.72. The van der Waals surface area contributed by atoms with Crippen LogP contribution < -0.4 is 5.32 Å². The first-order valence-corrected chi connectivity index (χ1v) is 7.10. The minimum atomic E-state index is 0.0491. The summed E-state index contributed by atoms with van der Waals surface area (Å²) in [5.41, 5.74) is 0.0491. The van der Waals surface area contributed by atoms with Crippen LogP contribution in [-0.4, -0.2) is 16.8 Å². The van der Waals surface area contributed by atoms with Crippen molar-refractivity contribution < 1.29 is 4.79 Å². The van der Waals surface area contributed by atoms with Crippen LogP contribution in [0.25, 0.3) is 0 Å². The quantitative estimate of drug-likeness (QED) is 0.848. The summed E-state index contributed by atoms with van der Waals surface area (Å²) in [6.45, 7) is 2.11. The van der Waals surface area contributed by atoms with Crippen molar-refractivity contribution in [2.24, 2.45) is 0 Å². The van der Waals surface area contributed by atoms with Crippen molar-refractivity contribution in [2.45, 2.75) is 31.7 Å². The number of aryl methyl sites for hydroxylation is 1. The van der Waals surface area contributed by atoms with Crippen molar-refractivity contribution in [3.63, 3.8) is 0 Å². The van der Waals surface area contributed by atoms with Gasteiger partial charge in [-0.05, 0) is 31.4 Å². The molecular formula is C11H14BrNOS. The van der Waals surface area contributed by atoms with Crippen LogP contribution in [0.4, 0.5) is 0 Å². The molecule has 0 spiro atoms. The van der Waals surface area contributed by atoms with Gasteiger partial charge in [0.25, 0.3) is 5.91 Å². The lowest BCUT2D eigenvalue weighted by Gasteiger charge is -2.12. The van der Waals surface area contributed by atoms with Crippen LogP contribution in [0.1, 0.15) is 34.3 Å². The Morgan fingerprint density at radius 2 is 2.33 bits per heavy atom. The molecule has 1 aliphatic carbocycles. The highest BCUT2D eigenvalue weighted by Crippen LogP contribution is 2.37. The maximum absolute atomic E-state index is 11.9. The van der Waals surface area contributed by atoms with Crippen molar-refractivity contribution in [3.8, 4) is 0 Å². The number of hydrogen-bond donors (Lipinski definition) is 1. The smallest absolute Gasteiger partial charge is 0.261 e. The number of carbonyl (C=O) groups is 1. The Kier molecular flexibility index (Phi) is 3.16. The van der Waals surface area contributed by atoms with E-state index in [0.717, 1.165) is 29.5 Å². The van der Waals surface area contributed by atoms with Crippen LogP contribution in [0.5, 0.6) is 0 Å². The highest BCUT2D eigenvalue weighted by molar-refractivity contribution is 9.09. The molecule has 1 fully saturated rings. The van der Waals surface area contributed by atoms with E-state index in [1.165, 1.54) is 4.88 Å². The van der Waals surface area contributed by atoms with E-state index in [-0.39, 0.29) is 11.4 Å². The Morgan fingerprint density at radius 1 is 1.60 bits per heavy atom. The zero-order chi connectivity index (χ0) is 10.9. The van der Waals surface area contributed by atoms with Crippen LogP contribution >= 0.6 is 27.3 Å². The molecule has 1 N–H and O–H groups in total. The summed E-state index contributed by atoms with van der Waals surface area (Å²) < 4.78 is 0. The van der Waals surface area contributed by atoms with Crippen molar-refractivity contribution in [3.05, 3.63) is 21.9 Å². The lowest BCUT2D eigenvalue weighted by molar-refractivity contribution is 0.0940. The lowest BCUT2D eigenvalue weighted by Crippen LogP contribution is -2.37. The fourth-order valence-corrected chi connectivity index (χ4v) is 2.98. The summed E-state index contributed by atoms with van der Waals surface area (Å²) >= 11 is 5.03. The largest absolute Gasteiger partial charge is 0.345 e. The number of thiophene rings is 1. The van der Waals surface area contributed by atoms with Gasteiger partial charge in [0.05, 0.1) is 10.4 Å². The number of rotatable bonds is 4. The van der Waals surface area contributed by atoms with Gasteiger partial charge in [-0.15, -0.1) is 11.3 Å². The van der Waals surface area contributed by atoms with Crippen molar-refractivity contribution in [1.29, 1.82) is 0 Å². The average Bonchev–Trinajstić information content (AvgIpc) is 2.85. The minimum Gasteiger partial charge on any atom is -0.345 e. The highest BCUT2D eigenvalue weighted by Gasteiger charge is 2.43. The van der Waals surface area contributed by atoms with Gasteiger partial charge in [0, 0.05) is 10.2 Å². The predicted molar refractivity (Wildman–Crippen MR) is 66.9 cm³/mol. The van der Waals surface area contributed by atoms with Gasteiger partial charge in [-0.2, -0.15) is 0 Å². The van der Waals surface area contributed by atoms with Gasteiger partial charge in [0.1, 0.15) is 0 Å². The monoisotopic (exact) mass is 287 g/mol. The number of carbonyl (C=O) groups excluding carboxylic acids is 1. The zero-order valence-corrected chi connectivity index (χ0v) is 11.1. The fourth-order valence-electron chi connectivity index (χ4n) is 1.44. The SMILES string of the molecule is CCc1ccc(C(=O)NC2(CBr)CC2)s1. The van der Waals surface area contributed by atoms with E-state index in [1.54, 1.807) is 11.3 Å². The third-order valence-electron chi connectivity index (χ3n) is 2.72. The van der Waals surface area contributed by atoms with E-state index in [4.69, 9.17) is 0 Å². The topological polar surface area (TPSA) is 29.1 Å². The molecule has 4 heteroatoms. The van der Waals surface area contributed by atoms with Gasteiger partial charge in [0.15, 0.2) is 0 Å². The van der Waals surface area contributed by atoms with Crippen LogP contribution in [0.3, 0.4) is 0 Å². The lowest BCUT2D eigenvalue weighted by atomic mass is 10.3. The first-order valence-electron chi connectivity index (χ1n) is 5.16. The second-order valence-electron chi connectivity index (χ2n) is 3.99. The van der Waals surface area contributed by atoms with Crippen molar-refractivity contribution in [1.82, 2.24) is 5.32 Å². The Morgan fingerprint density at radius 3 is 2.80 bits per heavy atom. The van der Waals surface area contributed by atoms with E-state index in [1.807, 2.05) is 12.1 Å². The van der Waals surface area contributed by atoms with E-state index in [9.17, 15) is 4.79 Å². The summed E-state index contributed by atoms with van der Waals surface area (Å²) in [7, 11) is 0. The Labute approximate surface area is 102 Å². The first-order chi connectivity index (χ1) is 7.19. The highest BCUT2D eigenvalue weighted by atomic mass is 79.9. The number of nitrogens with one attached hydrogen (secondary N) is 1. The molecule has 1 aliphatic rings. The number of alkyl halides is 1. The van der Waals surface area contributed by atoms with Gasteiger partial charge in [0.2, 0.25) is 0 Å². The Bertz CT molecular complexity index is 370. The molecule has 1 saturated carbocycles. The van der Waals surface area contributed by atoms with E-state index < -0.39 is 0 Å². The van der Waals surface area contributed by atoms with Crippen LogP contribution in [0.2, 0.25) is 0 Å². The molecule has 0 saturated heterocycles. The van der Waals surface area contributed by atoms with Gasteiger partial charge in [-0.25, -0.2) is 0 Å². The number of amides is 1. The molecule has 0 aliphatic heterocycles. The maximum Gasteiger partial charge on any atom is 0.261 e. The normalized spacial score (nSPS) is 17.5. The van der Waals surface area contributed by atoms with Crippen LogP contribution in [0, 0.1) is 0 Å². The third kappa shape index (κ3) is 2.42. The maximum atomic E-state index is 11.9. The molecule has 1 amide bonds. The molecule has 1 heterocycles. The van der Waals surface area contributed by atoms with Gasteiger partial charge < -0.3 is 5.32 Å². The molecule has 0 aromatic carbocycles. The molecule has 2 rings (SSSR count).